The average molecular weight is 262 g/mol. The molecular weight excluding hydrogens is 244 g/mol. The van der Waals surface area contributed by atoms with Gasteiger partial charge in [-0.25, -0.2) is 0 Å². The van der Waals surface area contributed by atoms with E-state index in [1.165, 1.54) is 6.08 Å². The summed E-state index contributed by atoms with van der Waals surface area (Å²) in [6.45, 7) is 3.77. The van der Waals surface area contributed by atoms with Crippen LogP contribution in [0.2, 0.25) is 0 Å². The average Bonchev–Trinajstić information content (AvgIpc) is 2.77. The highest BCUT2D eigenvalue weighted by Crippen LogP contribution is 2.53. The van der Waals surface area contributed by atoms with E-state index in [9.17, 15) is 19.5 Å². The number of ketones is 3. The number of rotatable bonds is 0. The van der Waals surface area contributed by atoms with E-state index in [4.69, 9.17) is 0 Å². The van der Waals surface area contributed by atoms with Crippen LogP contribution in [0, 0.1) is 29.1 Å². The molecule has 0 unspecified atom stereocenters. The fourth-order valence-electron chi connectivity index (χ4n) is 4.35. The molecule has 2 saturated carbocycles. The first-order chi connectivity index (χ1) is 8.87. The molecule has 4 heteroatoms. The molecule has 0 bridgehead atoms. The maximum Gasteiger partial charge on any atom is 0.204 e. The van der Waals surface area contributed by atoms with Gasteiger partial charge in [-0.05, 0) is 37.2 Å². The minimum absolute atomic E-state index is 0.0384. The lowest BCUT2D eigenvalue weighted by Gasteiger charge is -2.36. The first-order valence-corrected chi connectivity index (χ1v) is 6.85. The lowest BCUT2D eigenvalue weighted by molar-refractivity contribution is -0.143. The van der Waals surface area contributed by atoms with Gasteiger partial charge >= 0.3 is 0 Å². The molecule has 2 fully saturated rings. The quantitative estimate of drug-likeness (QED) is 0.659. The third-order valence-electron chi connectivity index (χ3n) is 5.45. The number of aliphatic hydroxyl groups excluding tert-OH is 1. The van der Waals surface area contributed by atoms with Crippen molar-refractivity contribution in [1.29, 1.82) is 0 Å². The third kappa shape index (κ3) is 1.46. The Morgan fingerprint density at radius 1 is 1.32 bits per heavy atom. The monoisotopic (exact) mass is 262 g/mol. The first kappa shape index (κ1) is 12.7. The van der Waals surface area contributed by atoms with Crippen LogP contribution in [0.4, 0.5) is 0 Å². The Labute approximate surface area is 111 Å². The van der Waals surface area contributed by atoms with Crippen LogP contribution in [0.5, 0.6) is 0 Å². The van der Waals surface area contributed by atoms with Gasteiger partial charge in [0.05, 0.1) is 17.4 Å². The molecule has 0 radical (unpaired) electrons. The van der Waals surface area contributed by atoms with Gasteiger partial charge in [-0.3, -0.25) is 14.4 Å². The SMILES string of the molecule is C[C@@H]1C[C@H]2CC(=O)C(=O)[C@H]2[C@H](O)[C@]2(C)C(=O)C=C[C@H]12. The van der Waals surface area contributed by atoms with Crippen LogP contribution < -0.4 is 0 Å². The van der Waals surface area contributed by atoms with Crippen LogP contribution in [0.25, 0.3) is 0 Å². The van der Waals surface area contributed by atoms with Crippen LogP contribution >= 0.6 is 0 Å². The number of Topliss-reactive ketones (excluding diaryl/α,β-unsaturated/α-hetero) is 2. The van der Waals surface area contributed by atoms with E-state index in [-0.39, 0.29) is 35.7 Å². The molecule has 4 nitrogen and oxygen atoms in total. The van der Waals surface area contributed by atoms with Gasteiger partial charge in [0.2, 0.25) is 5.78 Å². The summed E-state index contributed by atoms with van der Waals surface area (Å²) in [5.74, 6) is -1.63. The summed E-state index contributed by atoms with van der Waals surface area (Å²) in [4.78, 5) is 35.8. The largest absolute Gasteiger partial charge is 0.391 e. The van der Waals surface area contributed by atoms with Crippen LogP contribution in [0.15, 0.2) is 12.2 Å². The Kier molecular flexibility index (Phi) is 2.58. The highest BCUT2D eigenvalue weighted by molar-refractivity contribution is 6.40. The van der Waals surface area contributed by atoms with E-state index in [0.717, 1.165) is 6.42 Å². The number of carbonyl (C=O) groups excluding carboxylic acids is 3. The van der Waals surface area contributed by atoms with Crippen molar-refractivity contribution in [2.45, 2.75) is 32.8 Å². The van der Waals surface area contributed by atoms with Crippen molar-refractivity contribution < 1.29 is 19.5 Å². The van der Waals surface area contributed by atoms with E-state index in [1.807, 2.05) is 13.0 Å². The van der Waals surface area contributed by atoms with Gasteiger partial charge in [0.25, 0.3) is 0 Å². The first-order valence-electron chi connectivity index (χ1n) is 6.85. The molecule has 0 saturated heterocycles. The molecule has 19 heavy (non-hydrogen) atoms. The molecule has 3 aliphatic carbocycles. The summed E-state index contributed by atoms with van der Waals surface area (Å²) < 4.78 is 0. The smallest absolute Gasteiger partial charge is 0.204 e. The van der Waals surface area contributed by atoms with Crippen LogP contribution in [0.3, 0.4) is 0 Å². The zero-order valence-corrected chi connectivity index (χ0v) is 11.1. The maximum atomic E-state index is 12.2. The van der Waals surface area contributed by atoms with Crippen molar-refractivity contribution in [2.24, 2.45) is 29.1 Å². The topological polar surface area (TPSA) is 71.4 Å². The predicted octanol–water partition coefficient (Wildman–Crippen LogP) is 0.923. The number of fused-ring (bicyclic) bond motifs is 2. The normalized spacial score (nSPS) is 49.2. The molecule has 0 heterocycles. The van der Waals surface area contributed by atoms with Crippen LogP contribution in [-0.4, -0.2) is 28.6 Å². The molecule has 0 aromatic heterocycles. The number of hydrogen-bond donors (Lipinski definition) is 1. The summed E-state index contributed by atoms with van der Waals surface area (Å²) in [6, 6.07) is 0. The zero-order valence-electron chi connectivity index (χ0n) is 11.1. The summed E-state index contributed by atoms with van der Waals surface area (Å²) in [7, 11) is 0. The lowest BCUT2D eigenvalue weighted by Crippen LogP contribution is -2.47. The van der Waals surface area contributed by atoms with Crippen molar-refractivity contribution >= 4 is 17.3 Å². The van der Waals surface area contributed by atoms with Crippen molar-refractivity contribution in [3.8, 4) is 0 Å². The lowest BCUT2D eigenvalue weighted by atomic mass is 9.67. The number of allylic oxidation sites excluding steroid dienone is 2. The predicted molar refractivity (Wildman–Crippen MR) is 67.1 cm³/mol. The second kappa shape index (κ2) is 3.85. The van der Waals surface area contributed by atoms with E-state index in [0.29, 0.717) is 0 Å². The van der Waals surface area contributed by atoms with Crippen molar-refractivity contribution in [2.75, 3.05) is 0 Å². The molecular formula is C15H18O4. The fraction of sp³-hybridized carbons (Fsp3) is 0.667. The van der Waals surface area contributed by atoms with E-state index >= 15 is 0 Å². The van der Waals surface area contributed by atoms with Gasteiger partial charge in [-0.1, -0.05) is 13.0 Å². The molecule has 1 N–H and O–H groups in total. The third-order valence-corrected chi connectivity index (χ3v) is 5.45. The van der Waals surface area contributed by atoms with Crippen molar-refractivity contribution in [3.05, 3.63) is 12.2 Å². The molecule has 0 amide bonds. The number of carbonyl (C=O) groups is 3. The zero-order chi connectivity index (χ0) is 13.9. The Bertz CT molecular complexity index is 506. The van der Waals surface area contributed by atoms with Crippen LogP contribution in [-0.2, 0) is 14.4 Å². The summed E-state index contributed by atoms with van der Waals surface area (Å²) in [5.41, 5.74) is -0.945. The van der Waals surface area contributed by atoms with E-state index in [1.54, 1.807) is 6.92 Å². The summed E-state index contributed by atoms with van der Waals surface area (Å²) in [5, 5.41) is 10.6. The molecule has 3 aliphatic rings. The maximum absolute atomic E-state index is 12.2. The molecule has 6 atom stereocenters. The fourth-order valence-corrected chi connectivity index (χ4v) is 4.35. The van der Waals surface area contributed by atoms with Gasteiger partial charge in [-0.2, -0.15) is 0 Å². The van der Waals surface area contributed by atoms with Crippen molar-refractivity contribution in [3.63, 3.8) is 0 Å². The number of hydrogen-bond acceptors (Lipinski definition) is 4. The number of aliphatic hydroxyl groups is 1. The highest BCUT2D eigenvalue weighted by atomic mass is 16.3. The second-order valence-electron chi connectivity index (χ2n) is 6.47. The van der Waals surface area contributed by atoms with Crippen LogP contribution in [0.1, 0.15) is 26.7 Å². The molecule has 0 aromatic rings. The standard InChI is InChI=1S/C15H18O4/c1-7-5-8-6-10(16)13(18)12(8)14(19)15(2)9(7)3-4-11(15)17/h3-4,7-9,12,14,19H,5-6H2,1-2H3/t7-,8+,9-,12+,14+,15+/m1/s1. The Balaban J connectivity index is 2.08. The summed E-state index contributed by atoms with van der Waals surface area (Å²) in [6.07, 6.45) is 3.28. The minimum Gasteiger partial charge on any atom is -0.391 e. The van der Waals surface area contributed by atoms with E-state index < -0.39 is 23.2 Å². The molecule has 0 spiro atoms. The Morgan fingerprint density at radius 2 is 2.00 bits per heavy atom. The van der Waals surface area contributed by atoms with Gasteiger partial charge in [0.15, 0.2) is 11.6 Å². The Morgan fingerprint density at radius 3 is 2.68 bits per heavy atom. The van der Waals surface area contributed by atoms with Gasteiger partial charge in [-0.15, -0.1) is 0 Å². The van der Waals surface area contributed by atoms with Gasteiger partial charge in [0.1, 0.15) is 0 Å². The molecule has 3 rings (SSSR count). The summed E-state index contributed by atoms with van der Waals surface area (Å²) >= 11 is 0. The van der Waals surface area contributed by atoms with Gasteiger partial charge < -0.3 is 5.11 Å². The second-order valence-corrected chi connectivity index (χ2v) is 6.47. The Hall–Kier alpha value is -1.29. The van der Waals surface area contributed by atoms with Gasteiger partial charge in [0, 0.05) is 6.42 Å². The van der Waals surface area contributed by atoms with Crippen molar-refractivity contribution in [1.82, 2.24) is 0 Å². The minimum atomic E-state index is -1.05. The molecule has 102 valence electrons. The highest BCUT2D eigenvalue weighted by Gasteiger charge is 2.60. The molecule has 0 aromatic carbocycles. The molecule has 0 aliphatic heterocycles. The van der Waals surface area contributed by atoms with E-state index in [2.05, 4.69) is 0 Å².